The SMILES string of the molecule is C#CCOc1cnc2c(Nc3ccc(F)c([C@@]4(C)N=C(N)S[C@]5([C@H](O)C(F)(F)F)C[C@H]54)c3)nccc2n1. The number of nitrogens with one attached hydrogen (secondary N) is 1. The summed E-state index contributed by atoms with van der Waals surface area (Å²) in [6, 6.07) is 5.71. The molecule has 0 radical (unpaired) electrons. The Morgan fingerprint density at radius 2 is 2.14 bits per heavy atom. The van der Waals surface area contributed by atoms with Crippen LogP contribution in [0.3, 0.4) is 0 Å². The van der Waals surface area contributed by atoms with Gasteiger partial charge in [-0.15, -0.1) is 6.42 Å². The molecule has 2 aliphatic rings. The number of hydrogen-bond donors (Lipinski definition) is 3. The molecule has 0 unspecified atom stereocenters. The Morgan fingerprint density at radius 3 is 2.86 bits per heavy atom. The van der Waals surface area contributed by atoms with Gasteiger partial charge in [-0.3, -0.25) is 4.99 Å². The van der Waals surface area contributed by atoms with Crippen LogP contribution in [0.1, 0.15) is 18.9 Å². The van der Waals surface area contributed by atoms with Crippen molar-refractivity contribution >= 4 is 39.5 Å². The maximum absolute atomic E-state index is 15.1. The Bertz CT molecular complexity index is 1460. The third kappa shape index (κ3) is 4.30. The number of aliphatic imine (C=N–C) groups is 1. The van der Waals surface area contributed by atoms with Crippen molar-refractivity contribution in [3.8, 4) is 18.2 Å². The summed E-state index contributed by atoms with van der Waals surface area (Å²) in [6.07, 6.45) is 0.578. The van der Waals surface area contributed by atoms with E-state index >= 15 is 4.39 Å². The van der Waals surface area contributed by atoms with Gasteiger partial charge in [0, 0.05) is 23.4 Å². The van der Waals surface area contributed by atoms with Crippen LogP contribution in [0.4, 0.5) is 29.1 Å². The van der Waals surface area contributed by atoms with Gasteiger partial charge >= 0.3 is 6.18 Å². The molecule has 3 heterocycles. The number of fused-ring (bicyclic) bond motifs is 2. The second kappa shape index (κ2) is 8.74. The van der Waals surface area contributed by atoms with Crippen LogP contribution in [0.15, 0.2) is 41.7 Å². The average Bonchev–Trinajstić information content (AvgIpc) is 3.59. The molecule has 3 aromatic rings. The minimum atomic E-state index is -4.85. The number of aromatic nitrogens is 3. The number of terminal acetylenes is 1. The summed E-state index contributed by atoms with van der Waals surface area (Å²) in [6.45, 7) is 1.55. The molecule has 0 bridgehead atoms. The summed E-state index contributed by atoms with van der Waals surface area (Å²) < 4.78 is 59.1. The first-order valence-corrected chi connectivity index (χ1v) is 11.8. The highest BCUT2D eigenvalue weighted by atomic mass is 32.2. The van der Waals surface area contributed by atoms with E-state index in [0.29, 0.717) is 34.3 Å². The number of amidine groups is 1. The number of nitrogens with zero attached hydrogens (tertiary/aromatic N) is 4. The summed E-state index contributed by atoms with van der Waals surface area (Å²) in [5, 5.41) is 13.0. The quantitative estimate of drug-likeness (QED) is 0.323. The van der Waals surface area contributed by atoms with Gasteiger partial charge in [-0.2, -0.15) is 13.2 Å². The zero-order chi connectivity index (χ0) is 26.6. The van der Waals surface area contributed by atoms with E-state index in [4.69, 9.17) is 16.9 Å². The van der Waals surface area contributed by atoms with Crippen LogP contribution >= 0.6 is 11.8 Å². The summed E-state index contributed by atoms with van der Waals surface area (Å²) >= 11 is 0.688. The van der Waals surface area contributed by atoms with E-state index in [9.17, 15) is 18.3 Å². The van der Waals surface area contributed by atoms with Crippen molar-refractivity contribution in [1.82, 2.24) is 15.0 Å². The van der Waals surface area contributed by atoms with Crippen molar-refractivity contribution in [2.75, 3.05) is 11.9 Å². The molecule has 4 N–H and O–H groups in total. The van der Waals surface area contributed by atoms with E-state index in [1.165, 1.54) is 37.5 Å². The predicted molar refractivity (Wildman–Crippen MR) is 131 cm³/mol. The third-order valence-electron chi connectivity index (χ3n) is 6.56. The van der Waals surface area contributed by atoms with Gasteiger partial charge in [-0.05, 0) is 37.6 Å². The highest BCUT2D eigenvalue weighted by Crippen LogP contribution is 2.68. The number of pyridine rings is 1. The summed E-state index contributed by atoms with van der Waals surface area (Å²) in [5.74, 6) is 1.43. The van der Waals surface area contributed by atoms with E-state index < -0.39 is 34.3 Å². The van der Waals surface area contributed by atoms with Gasteiger partial charge in [0.05, 0.1) is 22.0 Å². The lowest BCUT2D eigenvalue weighted by atomic mass is 9.84. The number of thioether (sulfide) groups is 1. The van der Waals surface area contributed by atoms with Crippen LogP contribution in [0, 0.1) is 24.1 Å². The largest absolute Gasteiger partial charge is 0.463 e. The van der Waals surface area contributed by atoms with Gasteiger partial charge < -0.3 is 20.9 Å². The molecule has 1 fully saturated rings. The average molecular weight is 533 g/mol. The van der Waals surface area contributed by atoms with Gasteiger partial charge in [0.1, 0.15) is 11.3 Å². The number of alkyl halides is 3. The molecule has 1 saturated carbocycles. The number of benzene rings is 1. The second-order valence-corrected chi connectivity index (χ2v) is 10.3. The van der Waals surface area contributed by atoms with Gasteiger partial charge in [-0.25, -0.2) is 19.3 Å². The number of ether oxygens (including phenoxy) is 1. The molecular weight excluding hydrogens is 512 g/mol. The predicted octanol–water partition coefficient (Wildman–Crippen LogP) is 3.88. The van der Waals surface area contributed by atoms with Crippen LogP contribution in [-0.2, 0) is 5.54 Å². The lowest BCUT2D eigenvalue weighted by Gasteiger charge is -2.36. The van der Waals surface area contributed by atoms with E-state index in [2.05, 4.69) is 31.2 Å². The van der Waals surface area contributed by atoms with Crippen molar-refractivity contribution in [2.45, 2.75) is 35.9 Å². The smallest absolute Gasteiger partial charge is 0.415 e. The summed E-state index contributed by atoms with van der Waals surface area (Å²) in [7, 11) is 0. The van der Waals surface area contributed by atoms with E-state index in [1.54, 1.807) is 6.07 Å². The monoisotopic (exact) mass is 532 g/mol. The van der Waals surface area contributed by atoms with Crippen molar-refractivity contribution in [3.63, 3.8) is 0 Å². The molecular formula is C24H20F4N6O2S. The van der Waals surface area contributed by atoms with Crippen LogP contribution in [0.5, 0.6) is 5.88 Å². The summed E-state index contributed by atoms with van der Waals surface area (Å²) in [5.41, 5.74) is 5.76. The lowest BCUT2D eigenvalue weighted by Crippen LogP contribution is -2.47. The number of aliphatic hydroxyl groups is 1. The maximum atomic E-state index is 15.1. The van der Waals surface area contributed by atoms with Gasteiger partial charge in [0.25, 0.3) is 0 Å². The number of hydrogen-bond acceptors (Lipinski definition) is 9. The molecule has 2 aromatic heterocycles. The van der Waals surface area contributed by atoms with Crippen molar-refractivity contribution < 1.29 is 27.4 Å². The Balaban J connectivity index is 1.49. The molecule has 1 aliphatic carbocycles. The van der Waals surface area contributed by atoms with Crippen LogP contribution in [0.25, 0.3) is 11.0 Å². The number of halogens is 4. The molecule has 192 valence electrons. The summed E-state index contributed by atoms with van der Waals surface area (Å²) in [4.78, 5) is 17.3. The normalized spacial score (nSPS) is 25.5. The number of nitrogens with two attached hydrogens (primary N) is 1. The molecule has 0 spiro atoms. The molecule has 37 heavy (non-hydrogen) atoms. The molecule has 1 aromatic carbocycles. The zero-order valence-corrected chi connectivity index (χ0v) is 20.1. The molecule has 5 rings (SSSR count). The van der Waals surface area contributed by atoms with Crippen molar-refractivity contribution in [2.24, 2.45) is 16.6 Å². The van der Waals surface area contributed by atoms with E-state index in [-0.39, 0.29) is 29.6 Å². The van der Waals surface area contributed by atoms with Gasteiger partial charge in [0.2, 0.25) is 5.88 Å². The molecule has 0 saturated heterocycles. The molecule has 13 heteroatoms. The molecule has 8 nitrogen and oxygen atoms in total. The fraction of sp³-hybridized carbons (Fsp3) is 0.333. The highest BCUT2D eigenvalue weighted by molar-refractivity contribution is 8.15. The number of rotatable bonds is 6. The maximum Gasteiger partial charge on any atom is 0.415 e. The Hall–Kier alpha value is -3.63. The number of anilines is 2. The van der Waals surface area contributed by atoms with Crippen molar-refractivity contribution in [1.29, 1.82) is 0 Å². The Morgan fingerprint density at radius 1 is 1.35 bits per heavy atom. The topological polar surface area (TPSA) is 119 Å². The Labute approximate surface area is 212 Å². The van der Waals surface area contributed by atoms with Gasteiger partial charge in [0.15, 0.2) is 23.7 Å². The zero-order valence-electron chi connectivity index (χ0n) is 19.3. The first-order valence-electron chi connectivity index (χ1n) is 11.0. The standard InChI is InChI=1S/C24H20F4N6O2S/c1-3-8-36-17-11-31-18-15(33-17)6-7-30-19(18)32-12-4-5-14(25)13(9-12)22(2)16-10-23(16,37-21(29)34-22)20(35)24(26,27)28/h1,4-7,9,11,16,20,35H,8,10H2,2H3,(H2,29,34)(H,30,32)/t16-,20-,22+,23+/m0/s1. The van der Waals surface area contributed by atoms with Crippen LogP contribution in [-0.4, -0.2) is 48.9 Å². The number of aliphatic hydroxyl groups excluding tert-OH is 1. The fourth-order valence-corrected chi connectivity index (χ4v) is 6.28. The third-order valence-corrected chi connectivity index (χ3v) is 7.91. The Kier molecular flexibility index (Phi) is 5.91. The molecule has 0 amide bonds. The van der Waals surface area contributed by atoms with Gasteiger partial charge in [-0.1, -0.05) is 17.7 Å². The lowest BCUT2D eigenvalue weighted by molar-refractivity contribution is -0.207. The fourth-order valence-electron chi connectivity index (χ4n) is 4.79. The second-order valence-electron chi connectivity index (χ2n) is 8.90. The molecule has 1 aliphatic heterocycles. The van der Waals surface area contributed by atoms with E-state index in [0.717, 1.165) is 0 Å². The molecule has 4 atom stereocenters. The van der Waals surface area contributed by atoms with Crippen LogP contribution in [0.2, 0.25) is 0 Å². The first kappa shape index (κ1) is 25.0. The van der Waals surface area contributed by atoms with Crippen molar-refractivity contribution in [3.05, 3.63) is 48.0 Å². The minimum Gasteiger partial charge on any atom is -0.463 e. The highest BCUT2D eigenvalue weighted by Gasteiger charge is 2.74. The van der Waals surface area contributed by atoms with E-state index in [1.807, 2.05) is 0 Å². The van der Waals surface area contributed by atoms with Crippen LogP contribution < -0.4 is 15.8 Å². The first-order chi connectivity index (χ1) is 17.5. The minimum absolute atomic E-state index is 0.0271.